The lowest BCUT2D eigenvalue weighted by atomic mass is 10.1. The average Bonchev–Trinajstić information content (AvgIpc) is 2.09. The predicted octanol–water partition coefficient (Wildman–Crippen LogP) is 1.35. The number of hydrogen-bond donors (Lipinski definition) is 2. The fourth-order valence-electron chi connectivity index (χ4n) is 0.952. The van der Waals surface area contributed by atoms with Crippen LogP contribution in [0, 0.1) is 11.2 Å². The van der Waals surface area contributed by atoms with Crippen LogP contribution in [-0.4, -0.2) is 12.3 Å². The van der Waals surface area contributed by atoms with E-state index in [2.05, 4.69) is 0 Å². The molecule has 1 unspecified atom stereocenters. The summed E-state index contributed by atoms with van der Waals surface area (Å²) >= 11 is 0. The fourth-order valence-corrected chi connectivity index (χ4v) is 0.952. The number of nitrogens with one attached hydrogen (secondary N) is 1. The monoisotopic (exact) mass is 166 g/mol. The first-order valence-electron chi connectivity index (χ1n) is 3.73. The van der Waals surface area contributed by atoms with Crippen molar-refractivity contribution in [3.05, 3.63) is 35.6 Å². The topological polar surface area (TPSA) is 49.9 Å². The van der Waals surface area contributed by atoms with Crippen molar-refractivity contribution in [3.8, 4) is 0 Å². The highest BCUT2D eigenvalue weighted by Gasteiger charge is 1.99. The van der Waals surface area contributed by atoms with Crippen LogP contribution in [0.15, 0.2) is 24.3 Å². The number of rotatable bonds is 3. The summed E-state index contributed by atoms with van der Waals surface area (Å²) in [7, 11) is 0. The lowest BCUT2D eigenvalue weighted by molar-refractivity contribution is 0.626. The molecule has 2 nitrogen and oxygen atoms in total. The summed E-state index contributed by atoms with van der Waals surface area (Å²) in [6, 6.07) is 5.88. The highest BCUT2D eigenvalue weighted by atomic mass is 19.1. The van der Waals surface area contributed by atoms with Gasteiger partial charge in [0.05, 0.1) is 0 Å². The molecular weight excluding hydrogens is 155 g/mol. The maximum atomic E-state index is 12.4. The first-order valence-corrected chi connectivity index (χ1v) is 3.73. The van der Waals surface area contributed by atoms with Gasteiger partial charge in [0.1, 0.15) is 5.82 Å². The molecule has 0 aromatic heterocycles. The standard InChI is InChI=1S/C9H11FN2/c10-8-3-1-7(2-4-8)5-9(12)6-11/h1-4,6,9,11H,5,12H2. The van der Waals surface area contributed by atoms with Crippen LogP contribution in [-0.2, 0) is 6.42 Å². The largest absolute Gasteiger partial charge is 0.323 e. The summed E-state index contributed by atoms with van der Waals surface area (Å²) in [5, 5.41) is 6.88. The molecule has 0 amide bonds. The summed E-state index contributed by atoms with van der Waals surface area (Å²) in [6.07, 6.45) is 1.77. The van der Waals surface area contributed by atoms with E-state index in [1.807, 2.05) is 0 Å². The third-order valence-electron chi connectivity index (χ3n) is 1.60. The van der Waals surface area contributed by atoms with Gasteiger partial charge < -0.3 is 11.1 Å². The molecule has 0 fully saturated rings. The van der Waals surface area contributed by atoms with E-state index in [1.54, 1.807) is 12.1 Å². The molecule has 0 spiro atoms. The Morgan fingerprint density at radius 2 is 2.00 bits per heavy atom. The summed E-state index contributed by atoms with van der Waals surface area (Å²) in [6.45, 7) is 0. The second-order valence-electron chi connectivity index (χ2n) is 2.66. The van der Waals surface area contributed by atoms with Crippen molar-refractivity contribution in [1.29, 1.82) is 5.41 Å². The molecule has 0 saturated carbocycles. The molecule has 0 aliphatic carbocycles. The van der Waals surface area contributed by atoms with E-state index in [9.17, 15) is 4.39 Å². The lowest BCUT2D eigenvalue weighted by Gasteiger charge is -2.04. The molecule has 0 aliphatic rings. The molecule has 0 saturated heterocycles. The van der Waals surface area contributed by atoms with Crippen LogP contribution in [0.4, 0.5) is 4.39 Å². The lowest BCUT2D eigenvalue weighted by Crippen LogP contribution is -2.23. The number of hydrogen-bond acceptors (Lipinski definition) is 2. The zero-order valence-electron chi connectivity index (χ0n) is 6.63. The number of nitrogens with two attached hydrogens (primary N) is 1. The quantitative estimate of drug-likeness (QED) is 0.654. The van der Waals surface area contributed by atoms with Gasteiger partial charge in [0, 0.05) is 12.3 Å². The zero-order valence-corrected chi connectivity index (χ0v) is 6.63. The Balaban J connectivity index is 2.64. The molecule has 3 heteroatoms. The van der Waals surface area contributed by atoms with Crippen LogP contribution in [0.2, 0.25) is 0 Å². The van der Waals surface area contributed by atoms with Crippen molar-refractivity contribution in [1.82, 2.24) is 0 Å². The van der Waals surface area contributed by atoms with Gasteiger partial charge in [0.25, 0.3) is 0 Å². The third kappa shape index (κ3) is 2.43. The van der Waals surface area contributed by atoms with E-state index in [0.29, 0.717) is 6.42 Å². The molecule has 1 atom stereocenters. The van der Waals surface area contributed by atoms with E-state index >= 15 is 0 Å². The maximum Gasteiger partial charge on any atom is 0.123 e. The summed E-state index contributed by atoms with van der Waals surface area (Å²) in [4.78, 5) is 0. The van der Waals surface area contributed by atoms with Crippen LogP contribution in [0.3, 0.4) is 0 Å². The molecule has 1 rings (SSSR count). The van der Waals surface area contributed by atoms with Gasteiger partial charge in [-0.1, -0.05) is 12.1 Å². The minimum absolute atomic E-state index is 0.248. The highest BCUT2D eigenvalue weighted by Crippen LogP contribution is 2.03. The summed E-state index contributed by atoms with van der Waals surface area (Å²) in [5.41, 5.74) is 6.46. The molecule has 0 heterocycles. The maximum absolute atomic E-state index is 12.4. The minimum atomic E-state index is -0.268. The van der Waals surface area contributed by atoms with Gasteiger partial charge in [0.15, 0.2) is 0 Å². The van der Waals surface area contributed by atoms with Crippen LogP contribution >= 0.6 is 0 Å². The Bertz CT molecular complexity index is 256. The highest BCUT2D eigenvalue weighted by molar-refractivity contribution is 5.60. The van der Waals surface area contributed by atoms with Gasteiger partial charge in [-0.25, -0.2) is 4.39 Å². The van der Waals surface area contributed by atoms with E-state index in [0.717, 1.165) is 5.56 Å². The minimum Gasteiger partial charge on any atom is -0.323 e. The molecule has 0 aliphatic heterocycles. The van der Waals surface area contributed by atoms with E-state index in [1.165, 1.54) is 18.3 Å². The fraction of sp³-hybridized carbons (Fsp3) is 0.222. The second-order valence-corrected chi connectivity index (χ2v) is 2.66. The Morgan fingerprint density at radius 1 is 1.42 bits per heavy atom. The molecular formula is C9H11FN2. The summed E-state index contributed by atoms with van der Waals surface area (Å²) < 4.78 is 12.4. The number of halogens is 1. The van der Waals surface area contributed by atoms with Crippen molar-refractivity contribution in [2.45, 2.75) is 12.5 Å². The van der Waals surface area contributed by atoms with Crippen molar-refractivity contribution >= 4 is 6.21 Å². The summed E-state index contributed by atoms with van der Waals surface area (Å²) in [5.74, 6) is -0.248. The Kier molecular flexibility index (Phi) is 2.94. The third-order valence-corrected chi connectivity index (χ3v) is 1.60. The smallest absolute Gasteiger partial charge is 0.123 e. The molecule has 12 heavy (non-hydrogen) atoms. The molecule has 64 valence electrons. The Labute approximate surface area is 70.7 Å². The first-order chi connectivity index (χ1) is 5.72. The predicted molar refractivity (Wildman–Crippen MR) is 46.9 cm³/mol. The van der Waals surface area contributed by atoms with Gasteiger partial charge in [-0.2, -0.15) is 0 Å². The molecule has 1 aromatic rings. The molecule has 0 radical (unpaired) electrons. The van der Waals surface area contributed by atoms with Gasteiger partial charge in [0.2, 0.25) is 0 Å². The van der Waals surface area contributed by atoms with Gasteiger partial charge in [-0.15, -0.1) is 0 Å². The van der Waals surface area contributed by atoms with Crippen molar-refractivity contribution in [3.63, 3.8) is 0 Å². The van der Waals surface area contributed by atoms with Crippen molar-refractivity contribution in [2.24, 2.45) is 5.73 Å². The molecule has 1 aromatic carbocycles. The molecule has 0 bridgehead atoms. The van der Waals surface area contributed by atoms with Crippen LogP contribution in [0.25, 0.3) is 0 Å². The van der Waals surface area contributed by atoms with Crippen LogP contribution in [0.5, 0.6) is 0 Å². The van der Waals surface area contributed by atoms with Gasteiger partial charge in [-0.3, -0.25) is 0 Å². The SMILES string of the molecule is N=CC(N)Cc1ccc(F)cc1. The Morgan fingerprint density at radius 3 is 2.50 bits per heavy atom. The van der Waals surface area contributed by atoms with Crippen LogP contribution < -0.4 is 5.73 Å². The zero-order chi connectivity index (χ0) is 8.97. The van der Waals surface area contributed by atoms with Gasteiger partial charge >= 0.3 is 0 Å². The normalized spacial score (nSPS) is 12.5. The Hall–Kier alpha value is -1.22. The first kappa shape index (κ1) is 8.87. The second kappa shape index (κ2) is 3.97. The van der Waals surface area contributed by atoms with E-state index in [-0.39, 0.29) is 11.9 Å². The van der Waals surface area contributed by atoms with E-state index < -0.39 is 0 Å². The van der Waals surface area contributed by atoms with E-state index in [4.69, 9.17) is 11.1 Å². The molecule has 3 N–H and O–H groups in total. The van der Waals surface area contributed by atoms with Crippen molar-refractivity contribution < 1.29 is 4.39 Å². The van der Waals surface area contributed by atoms with Crippen molar-refractivity contribution in [2.75, 3.05) is 0 Å². The average molecular weight is 166 g/mol. The van der Waals surface area contributed by atoms with Crippen LogP contribution in [0.1, 0.15) is 5.56 Å². The van der Waals surface area contributed by atoms with Gasteiger partial charge in [-0.05, 0) is 24.1 Å². The number of benzene rings is 1.